The van der Waals surface area contributed by atoms with Crippen LogP contribution in [-0.2, 0) is 0 Å². The summed E-state index contributed by atoms with van der Waals surface area (Å²) < 4.78 is 0. The number of anilines is 3. The van der Waals surface area contributed by atoms with E-state index in [1.54, 1.807) is 0 Å². The van der Waals surface area contributed by atoms with Gasteiger partial charge in [0.05, 0.1) is 17.1 Å². The van der Waals surface area contributed by atoms with Gasteiger partial charge in [-0.15, -0.1) is 0 Å². The van der Waals surface area contributed by atoms with E-state index in [4.69, 9.17) is 9.97 Å². The fraction of sp³-hybridized carbons (Fsp3) is 0.0588. The number of aryl methyl sites for hydroxylation is 2. The van der Waals surface area contributed by atoms with Crippen LogP contribution in [0.4, 0.5) is 17.1 Å². The molecule has 0 saturated heterocycles. The molecule has 3 heterocycles. The summed E-state index contributed by atoms with van der Waals surface area (Å²) in [6.45, 7) is 4.18. The van der Waals surface area contributed by atoms with E-state index in [0.29, 0.717) is 0 Å². The molecule has 0 N–H and O–H groups in total. The summed E-state index contributed by atoms with van der Waals surface area (Å²) in [5.41, 5.74) is 7.78. The van der Waals surface area contributed by atoms with Gasteiger partial charge in [-0.25, -0.2) is 0 Å². The summed E-state index contributed by atoms with van der Waals surface area (Å²) in [7, 11) is 0. The Morgan fingerprint density at radius 1 is 0.595 bits per heavy atom. The monoisotopic (exact) mass is 473 g/mol. The normalized spacial score (nSPS) is 12.5. The molecule has 0 unspecified atom stereocenters. The quantitative estimate of drug-likeness (QED) is 0.223. The highest BCUT2D eigenvalue weighted by Crippen LogP contribution is 2.53. The molecular formula is C34H23N3. The van der Waals surface area contributed by atoms with Crippen molar-refractivity contribution in [1.29, 1.82) is 0 Å². The number of hydrogen-bond acceptors (Lipinski definition) is 3. The second-order valence-corrected chi connectivity index (χ2v) is 9.97. The zero-order valence-electron chi connectivity index (χ0n) is 20.7. The molecular weight excluding hydrogens is 450 g/mol. The summed E-state index contributed by atoms with van der Waals surface area (Å²) in [5.74, 6) is 0. The number of pyridine rings is 2. The van der Waals surface area contributed by atoms with Crippen LogP contribution in [0.3, 0.4) is 0 Å². The third kappa shape index (κ3) is 2.82. The maximum atomic E-state index is 4.97. The fourth-order valence-electron chi connectivity index (χ4n) is 6.19. The second-order valence-electron chi connectivity index (χ2n) is 9.97. The molecule has 1 aliphatic rings. The number of fused-ring (bicyclic) bond motifs is 7. The highest BCUT2D eigenvalue weighted by Gasteiger charge is 2.28. The summed E-state index contributed by atoms with van der Waals surface area (Å²) in [5, 5.41) is 9.81. The first kappa shape index (κ1) is 20.4. The van der Waals surface area contributed by atoms with Crippen LogP contribution in [-0.4, -0.2) is 9.97 Å². The lowest BCUT2D eigenvalue weighted by molar-refractivity contribution is 1.15. The van der Waals surface area contributed by atoms with Crippen molar-refractivity contribution in [2.75, 3.05) is 4.90 Å². The average molecular weight is 474 g/mol. The van der Waals surface area contributed by atoms with Crippen LogP contribution in [0.1, 0.15) is 11.4 Å². The lowest BCUT2D eigenvalue weighted by Gasteiger charge is -2.34. The van der Waals surface area contributed by atoms with E-state index in [1.807, 2.05) is 6.20 Å². The highest BCUT2D eigenvalue weighted by molar-refractivity contribution is 6.26. The van der Waals surface area contributed by atoms with E-state index in [9.17, 15) is 0 Å². The van der Waals surface area contributed by atoms with Crippen molar-refractivity contribution in [3.8, 4) is 11.3 Å². The van der Waals surface area contributed by atoms with Gasteiger partial charge < -0.3 is 4.90 Å². The maximum Gasteiger partial charge on any atom is 0.0822 e. The zero-order chi connectivity index (χ0) is 24.7. The molecule has 2 aromatic heterocycles. The Kier molecular flexibility index (Phi) is 4.07. The van der Waals surface area contributed by atoms with E-state index in [1.165, 1.54) is 48.8 Å². The Bertz CT molecular complexity index is 2060. The molecule has 174 valence electrons. The molecule has 8 rings (SSSR count). The van der Waals surface area contributed by atoms with Crippen molar-refractivity contribution in [3.63, 3.8) is 0 Å². The van der Waals surface area contributed by atoms with Crippen molar-refractivity contribution in [1.82, 2.24) is 9.97 Å². The Hall–Kier alpha value is -4.76. The molecule has 1 aliphatic heterocycles. The van der Waals surface area contributed by atoms with Crippen LogP contribution in [0.5, 0.6) is 0 Å². The maximum absolute atomic E-state index is 4.97. The molecule has 0 spiro atoms. The molecule has 0 atom stereocenters. The Labute approximate surface area is 214 Å². The molecule has 0 bridgehead atoms. The standard InChI is InChI=1S/C34H23N3/c1-20-16-28-25(21(2)36-20)12-13-26-27-14-15-35-34-30-17-22-8-6-7-9-23(22)18-31(30)37(24-10-4-3-5-11-24)32(33(27)34)19-29(26)28/h3-19H,1-2H3. The molecule has 37 heavy (non-hydrogen) atoms. The smallest absolute Gasteiger partial charge is 0.0822 e. The molecule has 3 nitrogen and oxygen atoms in total. The molecule has 5 aromatic carbocycles. The average Bonchev–Trinajstić information content (AvgIpc) is 2.93. The molecule has 0 saturated carbocycles. The van der Waals surface area contributed by atoms with Gasteiger partial charge in [0.15, 0.2) is 0 Å². The predicted octanol–water partition coefficient (Wildman–Crippen LogP) is 9.16. The topological polar surface area (TPSA) is 29.0 Å². The summed E-state index contributed by atoms with van der Waals surface area (Å²) in [4.78, 5) is 12.1. The third-order valence-electron chi connectivity index (χ3n) is 7.77. The van der Waals surface area contributed by atoms with Gasteiger partial charge in [0, 0.05) is 39.6 Å². The van der Waals surface area contributed by atoms with Crippen molar-refractivity contribution >= 4 is 60.2 Å². The second kappa shape index (κ2) is 7.37. The molecule has 0 amide bonds. The van der Waals surface area contributed by atoms with Crippen molar-refractivity contribution in [2.45, 2.75) is 13.8 Å². The van der Waals surface area contributed by atoms with Crippen LogP contribution in [0.2, 0.25) is 0 Å². The minimum absolute atomic E-state index is 1.04. The number of rotatable bonds is 1. The summed E-state index contributed by atoms with van der Waals surface area (Å²) in [6, 6.07) is 35.1. The van der Waals surface area contributed by atoms with E-state index >= 15 is 0 Å². The first-order chi connectivity index (χ1) is 18.2. The SMILES string of the molecule is Cc1cc2c(ccc3c4ccnc5c4c(cc23)N(c2ccccc2)c2cc3ccccc3cc2-5)c(C)n1. The van der Waals surface area contributed by atoms with Gasteiger partial charge in [-0.3, -0.25) is 9.97 Å². The summed E-state index contributed by atoms with van der Waals surface area (Å²) in [6.07, 6.45) is 1.96. The summed E-state index contributed by atoms with van der Waals surface area (Å²) >= 11 is 0. The number of para-hydroxylation sites is 1. The first-order valence-electron chi connectivity index (χ1n) is 12.7. The van der Waals surface area contributed by atoms with Gasteiger partial charge in [0.2, 0.25) is 0 Å². The lowest BCUT2D eigenvalue weighted by atomic mass is 9.89. The predicted molar refractivity (Wildman–Crippen MR) is 155 cm³/mol. The number of aromatic nitrogens is 2. The molecule has 0 aliphatic carbocycles. The van der Waals surface area contributed by atoms with Gasteiger partial charge in [0.25, 0.3) is 0 Å². The van der Waals surface area contributed by atoms with Crippen LogP contribution in [0.15, 0.2) is 103 Å². The van der Waals surface area contributed by atoms with Gasteiger partial charge in [0.1, 0.15) is 0 Å². The minimum atomic E-state index is 1.04. The van der Waals surface area contributed by atoms with E-state index in [2.05, 4.69) is 116 Å². The number of hydrogen-bond donors (Lipinski definition) is 0. The van der Waals surface area contributed by atoms with Crippen LogP contribution < -0.4 is 4.90 Å². The Morgan fingerprint density at radius 3 is 2.16 bits per heavy atom. The lowest BCUT2D eigenvalue weighted by Crippen LogP contribution is -2.15. The number of nitrogens with zero attached hydrogens (tertiary/aromatic N) is 3. The van der Waals surface area contributed by atoms with Gasteiger partial charge in [-0.05, 0) is 88.6 Å². The Balaban J connectivity index is 1.60. The number of benzene rings is 5. The van der Waals surface area contributed by atoms with Crippen molar-refractivity contribution < 1.29 is 0 Å². The van der Waals surface area contributed by atoms with Crippen LogP contribution >= 0.6 is 0 Å². The van der Waals surface area contributed by atoms with E-state index in [0.717, 1.165) is 34.0 Å². The molecule has 3 heteroatoms. The van der Waals surface area contributed by atoms with Crippen LogP contribution in [0, 0.1) is 13.8 Å². The van der Waals surface area contributed by atoms with Gasteiger partial charge in [-0.1, -0.05) is 54.6 Å². The minimum Gasteiger partial charge on any atom is -0.309 e. The van der Waals surface area contributed by atoms with Gasteiger partial charge in [-0.2, -0.15) is 0 Å². The molecule has 0 fully saturated rings. The third-order valence-corrected chi connectivity index (χ3v) is 7.77. The van der Waals surface area contributed by atoms with Crippen molar-refractivity contribution in [2.24, 2.45) is 0 Å². The fourth-order valence-corrected chi connectivity index (χ4v) is 6.19. The Morgan fingerprint density at radius 2 is 1.32 bits per heavy atom. The van der Waals surface area contributed by atoms with Crippen molar-refractivity contribution in [3.05, 3.63) is 115 Å². The zero-order valence-corrected chi connectivity index (χ0v) is 20.7. The van der Waals surface area contributed by atoms with Gasteiger partial charge >= 0.3 is 0 Å². The largest absolute Gasteiger partial charge is 0.309 e. The van der Waals surface area contributed by atoms with E-state index < -0.39 is 0 Å². The van der Waals surface area contributed by atoms with Crippen LogP contribution in [0.25, 0.3) is 54.3 Å². The highest BCUT2D eigenvalue weighted by atomic mass is 15.2. The molecule has 0 radical (unpaired) electrons. The molecule has 7 aromatic rings. The van der Waals surface area contributed by atoms with E-state index in [-0.39, 0.29) is 0 Å². The first-order valence-corrected chi connectivity index (χ1v) is 12.7.